The Morgan fingerprint density at radius 3 is 2.25 bits per heavy atom. The summed E-state index contributed by atoms with van der Waals surface area (Å²) in [6.07, 6.45) is 5.34. The zero-order valence-electron chi connectivity index (χ0n) is 10.1. The predicted octanol–water partition coefficient (Wildman–Crippen LogP) is 4.72. The molecule has 90 valence electrons. The van der Waals surface area contributed by atoms with Gasteiger partial charge in [0.25, 0.3) is 0 Å². The normalized spacial score (nSPS) is 12.8. The van der Waals surface area contributed by atoms with Gasteiger partial charge in [-0.3, -0.25) is 0 Å². The summed E-state index contributed by atoms with van der Waals surface area (Å²) in [7, 11) is 0. The van der Waals surface area contributed by atoms with E-state index in [0.29, 0.717) is 5.92 Å². The van der Waals surface area contributed by atoms with E-state index >= 15 is 0 Å². The van der Waals surface area contributed by atoms with E-state index < -0.39 is 11.6 Å². The van der Waals surface area contributed by atoms with Crippen LogP contribution in [-0.2, 0) is 6.42 Å². The summed E-state index contributed by atoms with van der Waals surface area (Å²) in [5.74, 6) is -0.239. The minimum Gasteiger partial charge on any atom is -0.207 e. The van der Waals surface area contributed by atoms with Crippen molar-refractivity contribution in [2.75, 3.05) is 0 Å². The number of rotatable bonds is 6. The first-order valence-corrected chi connectivity index (χ1v) is 6.06. The van der Waals surface area contributed by atoms with Crippen LogP contribution in [0.2, 0.25) is 0 Å². The van der Waals surface area contributed by atoms with Crippen LogP contribution in [-0.4, -0.2) is 0 Å². The average molecular weight is 226 g/mol. The lowest BCUT2D eigenvalue weighted by atomic mass is 9.97. The van der Waals surface area contributed by atoms with E-state index in [1.807, 2.05) is 0 Å². The number of hydrogen-bond acceptors (Lipinski definition) is 0. The van der Waals surface area contributed by atoms with Gasteiger partial charge in [0.1, 0.15) is 11.6 Å². The maximum Gasteiger partial charge on any atom is 0.126 e. The standard InChI is InChI=1S/C14H20F2/c1-3-5-11(2)6-4-7-12-8-13(15)10-14(16)9-12/h8-11H,3-7H2,1-2H3. The Kier molecular flexibility index (Phi) is 5.44. The van der Waals surface area contributed by atoms with Crippen molar-refractivity contribution in [3.63, 3.8) is 0 Å². The molecule has 0 heterocycles. The van der Waals surface area contributed by atoms with Gasteiger partial charge in [-0.05, 0) is 36.5 Å². The molecule has 0 saturated heterocycles. The Hall–Kier alpha value is -0.920. The van der Waals surface area contributed by atoms with Gasteiger partial charge in [0, 0.05) is 6.07 Å². The minimum atomic E-state index is -0.475. The van der Waals surface area contributed by atoms with E-state index in [9.17, 15) is 8.78 Å². The fraction of sp³-hybridized carbons (Fsp3) is 0.571. The molecule has 1 rings (SSSR count). The number of hydrogen-bond donors (Lipinski definition) is 0. The van der Waals surface area contributed by atoms with Crippen LogP contribution < -0.4 is 0 Å². The second-order valence-electron chi connectivity index (χ2n) is 4.56. The topological polar surface area (TPSA) is 0 Å². The summed E-state index contributed by atoms with van der Waals surface area (Å²) in [6, 6.07) is 3.77. The molecule has 16 heavy (non-hydrogen) atoms. The molecule has 1 atom stereocenters. The van der Waals surface area contributed by atoms with Crippen molar-refractivity contribution in [1.29, 1.82) is 0 Å². The molecule has 0 aromatic heterocycles. The fourth-order valence-corrected chi connectivity index (χ4v) is 2.05. The summed E-state index contributed by atoms with van der Waals surface area (Å²) >= 11 is 0. The van der Waals surface area contributed by atoms with Gasteiger partial charge in [-0.15, -0.1) is 0 Å². The van der Waals surface area contributed by atoms with Gasteiger partial charge >= 0.3 is 0 Å². The molecule has 0 aliphatic rings. The van der Waals surface area contributed by atoms with Gasteiger partial charge in [-0.1, -0.05) is 33.1 Å². The van der Waals surface area contributed by atoms with Gasteiger partial charge in [0.15, 0.2) is 0 Å². The second-order valence-corrected chi connectivity index (χ2v) is 4.56. The Labute approximate surface area is 96.7 Å². The predicted molar refractivity (Wildman–Crippen MR) is 63.4 cm³/mol. The van der Waals surface area contributed by atoms with Crippen LogP contribution in [0.3, 0.4) is 0 Å². The highest BCUT2D eigenvalue weighted by molar-refractivity contribution is 5.17. The molecule has 0 nitrogen and oxygen atoms in total. The first-order chi connectivity index (χ1) is 7.61. The summed E-state index contributed by atoms with van der Waals surface area (Å²) in [5, 5.41) is 0. The van der Waals surface area contributed by atoms with Gasteiger partial charge in [0.05, 0.1) is 0 Å². The summed E-state index contributed by atoms with van der Waals surface area (Å²) in [6.45, 7) is 4.41. The zero-order valence-corrected chi connectivity index (χ0v) is 10.1. The maximum absolute atomic E-state index is 12.9. The van der Waals surface area contributed by atoms with E-state index in [1.54, 1.807) is 0 Å². The molecule has 0 amide bonds. The van der Waals surface area contributed by atoms with Crippen molar-refractivity contribution in [2.24, 2.45) is 5.92 Å². The zero-order chi connectivity index (χ0) is 12.0. The lowest BCUT2D eigenvalue weighted by Crippen LogP contribution is -1.96. The maximum atomic E-state index is 12.9. The highest BCUT2D eigenvalue weighted by atomic mass is 19.1. The second kappa shape index (κ2) is 6.62. The van der Waals surface area contributed by atoms with E-state index in [-0.39, 0.29) is 0 Å². The van der Waals surface area contributed by atoms with Gasteiger partial charge in [-0.25, -0.2) is 8.78 Å². The molecule has 1 aromatic carbocycles. The summed E-state index contributed by atoms with van der Waals surface area (Å²) in [5.41, 5.74) is 0.765. The molecule has 1 aromatic rings. The van der Waals surface area contributed by atoms with Crippen molar-refractivity contribution in [3.05, 3.63) is 35.4 Å². The molecule has 0 radical (unpaired) electrons. The lowest BCUT2D eigenvalue weighted by Gasteiger charge is -2.09. The van der Waals surface area contributed by atoms with Gasteiger partial charge in [-0.2, -0.15) is 0 Å². The molecular weight excluding hydrogens is 206 g/mol. The molecule has 2 heteroatoms. The third-order valence-corrected chi connectivity index (χ3v) is 2.87. The Morgan fingerprint density at radius 1 is 1.06 bits per heavy atom. The lowest BCUT2D eigenvalue weighted by molar-refractivity contribution is 0.469. The number of halogens is 2. The number of benzene rings is 1. The fourth-order valence-electron chi connectivity index (χ4n) is 2.05. The van der Waals surface area contributed by atoms with Gasteiger partial charge in [0.2, 0.25) is 0 Å². The first-order valence-electron chi connectivity index (χ1n) is 6.06. The Morgan fingerprint density at radius 2 is 1.69 bits per heavy atom. The third kappa shape index (κ3) is 4.73. The highest BCUT2D eigenvalue weighted by Gasteiger charge is 2.03. The number of aryl methyl sites for hydroxylation is 1. The average Bonchev–Trinajstić information content (AvgIpc) is 2.16. The van der Waals surface area contributed by atoms with Crippen LogP contribution in [0.1, 0.15) is 45.1 Å². The molecule has 0 N–H and O–H groups in total. The quantitative estimate of drug-likeness (QED) is 0.658. The van der Waals surface area contributed by atoms with Crippen LogP contribution in [0, 0.1) is 17.6 Å². The largest absolute Gasteiger partial charge is 0.207 e. The molecule has 0 fully saturated rings. The van der Waals surface area contributed by atoms with E-state index in [4.69, 9.17) is 0 Å². The van der Waals surface area contributed by atoms with Crippen LogP contribution in [0.4, 0.5) is 8.78 Å². The molecule has 0 spiro atoms. The van der Waals surface area contributed by atoms with Crippen LogP contribution in [0.25, 0.3) is 0 Å². The summed E-state index contributed by atoms with van der Waals surface area (Å²) < 4.78 is 25.8. The van der Waals surface area contributed by atoms with Crippen molar-refractivity contribution < 1.29 is 8.78 Å². The van der Waals surface area contributed by atoms with Crippen LogP contribution in [0.15, 0.2) is 18.2 Å². The van der Waals surface area contributed by atoms with Crippen molar-refractivity contribution in [3.8, 4) is 0 Å². The molecule has 0 bridgehead atoms. The smallest absolute Gasteiger partial charge is 0.126 e. The monoisotopic (exact) mass is 226 g/mol. The van der Waals surface area contributed by atoms with Crippen molar-refractivity contribution in [1.82, 2.24) is 0 Å². The molecular formula is C14H20F2. The molecule has 0 saturated carbocycles. The molecule has 0 aliphatic carbocycles. The SMILES string of the molecule is CCCC(C)CCCc1cc(F)cc(F)c1. The van der Waals surface area contributed by atoms with Gasteiger partial charge < -0.3 is 0 Å². The Bertz CT molecular complexity index is 300. The van der Waals surface area contributed by atoms with E-state index in [2.05, 4.69) is 13.8 Å². The Balaban J connectivity index is 2.37. The minimum absolute atomic E-state index is 0.475. The van der Waals surface area contributed by atoms with Crippen molar-refractivity contribution in [2.45, 2.75) is 46.0 Å². The highest BCUT2D eigenvalue weighted by Crippen LogP contribution is 2.16. The summed E-state index contributed by atoms with van der Waals surface area (Å²) in [4.78, 5) is 0. The molecule has 1 unspecified atom stereocenters. The molecule has 0 aliphatic heterocycles. The third-order valence-electron chi connectivity index (χ3n) is 2.87. The van der Waals surface area contributed by atoms with E-state index in [0.717, 1.165) is 30.9 Å². The first kappa shape index (κ1) is 13.1. The van der Waals surface area contributed by atoms with Crippen molar-refractivity contribution >= 4 is 0 Å². The van der Waals surface area contributed by atoms with Crippen LogP contribution in [0.5, 0.6) is 0 Å². The van der Waals surface area contributed by atoms with E-state index in [1.165, 1.54) is 25.0 Å². The van der Waals surface area contributed by atoms with Crippen LogP contribution >= 0.6 is 0 Å².